The van der Waals surface area contributed by atoms with Crippen molar-refractivity contribution in [2.24, 2.45) is 0 Å². The van der Waals surface area contributed by atoms with Crippen molar-refractivity contribution in [2.75, 3.05) is 12.4 Å². The number of carbonyl (C=O) groups excluding carboxylic acids is 1. The van der Waals surface area contributed by atoms with Crippen LogP contribution in [-0.2, 0) is 15.5 Å². The Morgan fingerprint density at radius 1 is 1.56 bits per heavy atom. The average molecular weight is 286 g/mol. The zero-order valence-corrected chi connectivity index (χ0v) is 12.5. The summed E-state index contributed by atoms with van der Waals surface area (Å²) < 4.78 is 17.6. The number of carbonyl (C=O) groups is 1. The Hall–Kier alpha value is -0.520. The first-order valence-corrected chi connectivity index (χ1v) is 8.28. The Balaban J connectivity index is 2.03. The minimum atomic E-state index is -1.12. The van der Waals surface area contributed by atoms with Crippen LogP contribution in [0.2, 0.25) is 0 Å². The van der Waals surface area contributed by atoms with Gasteiger partial charge in [-0.1, -0.05) is 0 Å². The highest BCUT2D eigenvalue weighted by Crippen LogP contribution is 2.23. The molecule has 0 saturated carbocycles. The van der Waals surface area contributed by atoms with Gasteiger partial charge in [0.2, 0.25) is 0 Å². The molecule has 0 aliphatic carbocycles. The van der Waals surface area contributed by atoms with Gasteiger partial charge in [-0.05, 0) is 33.3 Å². The van der Waals surface area contributed by atoms with Crippen LogP contribution in [0, 0.1) is 13.8 Å². The fourth-order valence-corrected chi connectivity index (χ4v) is 4.71. The van der Waals surface area contributed by atoms with E-state index in [2.05, 4.69) is 0 Å². The normalized spacial score (nSPS) is 25.3. The first-order valence-electron chi connectivity index (χ1n) is 6.08. The molecule has 0 spiro atoms. The van der Waals surface area contributed by atoms with E-state index in [9.17, 15) is 9.00 Å². The molecule has 3 unspecified atom stereocenters. The van der Waals surface area contributed by atoms with E-state index in [0.29, 0.717) is 6.61 Å². The molecule has 1 aliphatic rings. The van der Waals surface area contributed by atoms with E-state index in [0.717, 1.165) is 21.7 Å². The zero-order valence-electron chi connectivity index (χ0n) is 10.9. The van der Waals surface area contributed by atoms with Crippen LogP contribution in [-0.4, -0.2) is 33.7 Å². The van der Waals surface area contributed by atoms with Crippen LogP contribution < -0.4 is 0 Å². The molecule has 3 atom stereocenters. The average Bonchev–Trinajstić information content (AvgIpc) is 2.84. The summed E-state index contributed by atoms with van der Waals surface area (Å²) in [6.07, 6.45) is 0.798. The summed E-state index contributed by atoms with van der Waals surface area (Å²) in [6.45, 7) is 6.51. The van der Waals surface area contributed by atoms with E-state index < -0.39 is 10.8 Å². The van der Waals surface area contributed by atoms with Gasteiger partial charge < -0.3 is 4.74 Å². The Labute approximate surface area is 114 Å². The molecule has 5 heteroatoms. The summed E-state index contributed by atoms with van der Waals surface area (Å²) in [4.78, 5) is 14.3. The standard InChI is InChI=1S/C13H18O3S2/c1-8-6-11(10(3)17-8)12(14)7-18(15)13-4-5-16-9(13)2/h6,9,13H,4-5,7H2,1-3H3. The van der Waals surface area contributed by atoms with Crippen LogP contribution >= 0.6 is 11.3 Å². The van der Waals surface area contributed by atoms with E-state index in [4.69, 9.17) is 4.74 Å². The fraction of sp³-hybridized carbons (Fsp3) is 0.615. The minimum absolute atomic E-state index is 0.00365. The highest BCUT2D eigenvalue weighted by Gasteiger charge is 2.31. The van der Waals surface area contributed by atoms with Crippen molar-refractivity contribution in [1.82, 2.24) is 0 Å². The topological polar surface area (TPSA) is 43.4 Å². The lowest BCUT2D eigenvalue weighted by molar-refractivity contribution is 0.102. The van der Waals surface area contributed by atoms with Crippen LogP contribution in [0.15, 0.2) is 6.07 Å². The lowest BCUT2D eigenvalue weighted by Gasteiger charge is -2.12. The maximum Gasteiger partial charge on any atom is 0.176 e. The second-order valence-electron chi connectivity index (χ2n) is 4.68. The van der Waals surface area contributed by atoms with Crippen LogP contribution in [0.3, 0.4) is 0 Å². The van der Waals surface area contributed by atoms with Gasteiger partial charge in [0.05, 0.1) is 17.1 Å². The molecule has 2 rings (SSSR count). The maximum absolute atomic E-state index is 12.2. The summed E-state index contributed by atoms with van der Waals surface area (Å²) in [6, 6.07) is 1.90. The minimum Gasteiger partial charge on any atom is -0.377 e. The number of ether oxygens (including phenoxy) is 1. The molecule has 0 aromatic carbocycles. The van der Waals surface area contributed by atoms with Crippen LogP contribution in [0.4, 0.5) is 0 Å². The third-order valence-electron chi connectivity index (χ3n) is 3.26. The molecule has 0 bridgehead atoms. The number of rotatable bonds is 4. The number of ketones is 1. The molecular formula is C13H18O3S2. The van der Waals surface area contributed by atoms with E-state index >= 15 is 0 Å². The van der Waals surface area contributed by atoms with Gasteiger partial charge in [-0.3, -0.25) is 9.00 Å². The fourth-order valence-electron chi connectivity index (χ4n) is 2.28. The summed E-state index contributed by atoms with van der Waals surface area (Å²) in [7, 11) is -1.12. The maximum atomic E-state index is 12.2. The highest BCUT2D eigenvalue weighted by atomic mass is 32.2. The van der Waals surface area contributed by atoms with E-state index in [-0.39, 0.29) is 22.9 Å². The van der Waals surface area contributed by atoms with Crippen LogP contribution in [0.5, 0.6) is 0 Å². The SMILES string of the molecule is Cc1cc(C(=O)CS(=O)C2CCOC2C)c(C)s1. The lowest BCUT2D eigenvalue weighted by Crippen LogP contribution is -2.27. The smallest absolute Gasteiger partial charge is 0.176 e. The molecule has 3 nitrogen and oxygen atoms in total. The van der Waals surface area contributed by atoms with Crippen molar-refractivity contribution in [3.05, 3.63) is 21.4 Å². The van der Waals surface area contributed by atoms with Crippen molar-refractivity contribution in [2.45, 2.75) is 38.5 Å². The van der Waals surface area contributed by atoms with Crippen molar-refractivity contribution >= 4 is 27.9 Å². The number of Topliss-reactive ketones (excluding diaryl/α,β-unsaturated/α-hetero) is 1. The Kier molecular flexibility index (Phi) is 4.35. The molecule has 1 aromatic rings. The largest absolute Gasteiger partial charge is 0.377 e. The van der Waals surface area contributed by atoms with Crippen LogP contribution in [0.1, 0.15) is 33.5 Å². The Morgan fingerprint density at radius 3 is 2.78 bits per heavy atom. The summed E-state index contributed by atoms with van der Waals surface area (Å²) in [5.41, 5.74) is 0.734. The van der Waals surface area contributed by atoms with Gasteiger partial charge in [0.1, 0.15) is 0 Å². The highest BCUT2D eigenvalue weighted by molar-refractivity contribution is 7.86. The second kappa shape index (κ2) is 5.63. The Morgan fingerprint density at radius 2 is 2.28 bits per heavy atom. The molecule has 2 heterocycles. The van der Waals surface area contributed by atoms with Gasteiger partial charge in [0.25, 0.3) is 0 Å². The molecule has 100 valence electrons. The van der Waals surface area contributed by atoms with Gasteiger partial charge in [0, 0.05) is 32.7 Å². The predicted molar refractivity (Wildman–Crippen MR) is 75.0 cm³/mol. The molecule has 1 saturated heterocycles. The van der Waals surface area contributed by atoms with E-state index in [1.165, 1.54) is 0 Å². The zero-order chi connectivity index (χ0) is 13.3. The number of hydrogen-bond donors (Lipinski definition) is 0. The lowest BCUT2D eigenvalue weighted by atomic mass is 10.2. The van der Waals surface area contributed by atoms with Gasteiger partial charge >= 0.3 is 0 Å². The van der Waals surface area contributed by atoms with Crippen molar-refractivity contribution in [1.29, 1.82) is 0 Å². The summed E-state index contributed by atoms with van der Waals surface area (Å²) >= 11 is 1.61. The quantitative estimate of drug-likeness (QED) is 0.799. The van der Waals surface area contributed by atoms with Crippen LogP contribution in [0.25, 0.3) is 0 Å². The monoisotopic (exact) mass is 286 g/mol. The summed E-state index contributed by atoms with van der Waals surface area (Å²) in [5, 5.41) is 0.00832. The van der Waals surface area contributed by atoms with Gasteiger partial charge in [-0.25, -0.2) is 0 Å². The molecule has 0 radical (unpaired) electrons. The van der Waals surface area contributed by atoms with E-state index in [1.807, 2.05) is 26.8 Å². The molecule has 0 amide bonds. The third-order valence-corrected chi connectivity index (χ3v) is 6.07. The van der Waals surface area contributed by atoms with E-state index in [1.54, 1.807) is 11.3 Å². The number of aryl methyl sites for hydroxylation is 2. The third kappa shape index (κ3) is 2.90. The molecular weight excluding hydrogens is 268 g/mol. The van der Waals surface area contributed by atoms with Gasteiger partial charge in [-0.2, -0.15) is 0 Å². The first kappa shape index (κ1) is 13.9. The molecule has 18 heavy (non-hydrogen) atoms. The molecule has 1 aliphatic heterocycles. The second-order valence-corrected chi connectivity index (χ2v) is 7.79. The molecule has 1 aromatic heterocycles. The number of thiophene rings is 1. The van der Waals surface area contributed by atoms with Crippen molar-refractivity contribution < 1.29 is 13.7 Å². The summed E-state index contributed by atoms with van der Waals surface area (Å²) in [5.74, 6) is 0.115. The number of hydrogen-bond acceptors (Lipinski definition) is 4. The van der Waals surface area contributed by atoms with Crippen molar-refractivity contribution in [3.8, 4) is 0 Å². The van der Waals surface area contributed by atoms with Gasteiger partial charge in [0.15, 0.2) is 5.78 Å². The molecule has 1 fully saturated rings. The Bertz CT molecular complexity index is 479. The predicted octanol–water partition coefficient (Wildman–Crippen LogP) is 2.47. The van der Waals surface area contributed by atoms with Gasteiger partial charge in [-0.15, -0.1) is 11.3 Å². The first-order chi connectivity index (χ1) is 8.49. The molecule has 0 N–H and O–H groups in total. The van der Waals surface area contributed by atoms with Crippen molar-refractivity contribution in [3.63, 3.8) is 0 Å².